The number of amides is 1. The van der Waals surface area contributed by atoms with Crippen LogP contribution in [0.2, 0.25) is 0 Å². The maximum atomic E-state index is 10.3. The van der Waals surface area contributed by atoms with Crippen LogP contribution in [0.15, 0.2) is 17.1 Å². The maximum Gasteiger partial charge on any atom is 0.278 e. The smallest absolute Gasteiger partial charge is 0.267 e. The van der Waals surface area contributed by atoms with Crippen LogP contribution in [0.3, 0.4) is 0 Å². The molecule has 0 radical (unpaired) electrons. The predicted molar refractivity (Wildman–Crippen MR) is 34.8 cm³/mol. The molecule has 0 aromatic heterocycles. The predicted octanol–water partition coefficient (Wildman–Crippen LogP) is 1.19. The van der Waals surface area contributed by atoms with E-state index in [4.69, 9.17) is 0 Å². The lowest BCUT2D eigenvalue weighted by Crippen LogP contribution is -1.81. The van der Waals surface area contributed by atoms with E-state index in [9.17, 15) is 4.79 Å². The molecule has 0 saturated heterocycles. The van der Waals surface area contributed by atoms with E-state index in [0.29, 0.717) is 0 Å². The summed E-state index contributed by atoms with van der Waals surface area (Å²) in [5.74, 6) is -0.359. The Labute approximate surface area is 52.9 Å². The summed E-state index contributed by atoms with van der Waals surface area (Å²) in [6, 6.07) is 0. The molecule has 0 saturated carbocycles. The maximum absolute atomic E-state index is 10.3. The second-order valence-corrected chi connectivity index (χ2v) is 1.22. The Morgan fingerprint density at radius 1 is 1.88 bits per heavy atom. The number of hydrogen-bond donors (Lipinski definition) is 0. The molecule has 2 nitrogen and oxygen atoms in total. The van der Waals surface area contributed by atoms with Gasteiger partial charge in [-0.25, -0.2) is 0 Å². The highest BCUT2D eigenvalue weighted by Crippen LogP contribution is 1.74. The third-order valence-corrected chi connectivity index (χ3v) is 0.556. The van der Waals surface area contributed by atoms with E-state index >= 15 is 0 Å². The Balaban J connectivity index is 3.84. The topological polar surface area (TPSA) is 29.4 Å². The van der Waals surface area contributed by atoms with Crippen molar-refractivity contribution < 1.29 is 4.79 Å². The fourth-order valence-electron chi connectivity index (χ4n) is 0.225. The minimum Gasteiger partial charge on any atom is -0.267 e. The first-order valence-electron chi connectivity index (χ1n) is 2.05. The van der Waals surface area contributed by atoms with Gasteiger partial charge in [0.25, 0.3) is 5.91 Å². The van der Waals surface area contributed by atoms with Gasteiger partial charge in [0.1, 0.15) is 0 Å². The normalized spacial score (nSPS) is 8.62. The van der Waals surface area contributed by atoms with Crippen LogP contribution < -0.4 is 0 Å². The first-order valence-corrected chi connectivity index (χ1v) is 2.46. The zero-order valence-corrected chi connectivity index (χ0v) is 5.23. The van der Waals surface area contributed by atoms with Crippen LogP contribution in [0.4, 0.5) is 0 Å². The van der Waals surface area contributed by atoms with Crippen LogP contribution in [0.5, 0.6) is 0 Å². The molecule has 0 N–H and O–H groups in total. The van der Waals surface area contributed by atoms with Gasteiger partial charge in [0, 0.05) is 6.08 Å². The van der Waals surface area contributed by atoms with Crippen LogP contribution in [0.1, 0.15) is 6.92 Å². The highest BCUT2D eigenvalue weighted by atomic mass is 32.1. The SMILES string of the molecule is C/C=C/C(=O)N=C=S. The Kier molecular flexibility index (Phi) is 3.94. The molecule has 0 heterocycles. The molecule has 0 aromatic rings. The van der Waals surface area contributed by atoms with Crippen molar-refractivity contribution in [2.45, 2.75) is 6.92 Å². The molecular weight excluding hydrogens is 122 g/mol. The number of thiocarbonyl (C=S) groups is 1. The molecule has 0 atom stereocenters. The van der Waals surface area contributed by atoms with E-state index in [-0.39, 0.29) is 5.91 Å². The summed E-state index contributed by atoms with van der Waals surface area (Å²) in [6.07, 6.45) is 2.91. The second-order valence-electron chi connectivity index (χ2n) is 1.04. The molecule has 0 aliphatic carbocycles. The largest absolute Gasteiger partial charge is 0.278 e. The highest BCUT2D eigenvalue weighted by Gasteiger charge is 1.82. The van der Waals surface area contributed by atoms with Gasteiger partial charge in [0.15, 0.2) is 0 Å². The average Bonchev–Trinajstić information content (AvgIpc) is 1.68. The fourth-order valence-corrected chi connectivity index (χ4v) is 0.315. The molecule has 0 spiro atoms. The van der Waals surface area contributed by atoms with E-state index in [1.54, 1.807) is 13.0 Å². The van der Waals surface area contributed by atoms with Crippen molar-refractivity contribution in [1.82, 2.24) is 0 Å². The lowest BCUT2D eigenvalue weighted by atomic mass is 10.5. The van der Waals surface area contributed by atoms with Gasteiger partial charge in [0.05, 0.1) is 5.16 Å². The Bertz CT molecular complexity index is 156. The van der Waals surface area contributed by atoms with Crippen molar-refractivity contribution in [3.63, 3.8) is 0 Å². The summed E-state index contributed by atoms with van der Waals surface area (Å²) >= 11 is 4.17. The van der Waals surface area contributed by atoms with E-state index in [2.05, 4.69) is 17.2 Å². The van der Waals surface area contributed by atoms with Gasteiger partial charge in [-0.05, 0) is 19.1 Å². The van der Waals surface area contributed by atoms with Crippen LogP contribution in [-0.4, -0.2) is 11.1 Å². The molecule has 8 heavy (non-hydrogen) atoms. The number of hydrogen-bond acceptors (Lipinski definition) is 2. The average molecular weight is 127 g/mol. The lowest BCUT2D eigenvalue weighted by Gasteiger charge is -1.71. The van der Waals surface area contributed by atoms with Crippen molar-refractivity contribution in [2.24, 2.45) is 4.99 Å². The molecule has 3 heteroatoms. The summed E-state index contributed by atoms with van der Waals surface area (Å²) in [4.78, 5) is 13.4. The van der Waals surface area contributed by atoms with Gasteiger partial charge >= 0.3 is 0 Å². The number of rotatable bonds is 1. The summed E-state index contributed by atoms with van der Waals surface area (Å²) in [7, 11) is 0. The second kappa shape index (κ2) is 4.37. The van der Waals surface area contributed by atoms with Gasteiger partial charge in [-0.3, -0.25) is 4.79 Å². The number of carbonyl (C=O) groups excluding carboxylic acids is 1. The summed E-state index contributed by atoms with van der Waals surface area (Å²) in [5.41, 5.74) is 0. The number of nitrogens with zero attached hydrogens (tertiary/aromatic N) is 1. The van der Waals surface area contributed by atoms with Crippen molar-refractivity contribution in [3.05, 3.63) is 12.2 Å². The Morgan fingerprint density at radius 2 is 2.50 bits per heavy atom. The van der Waals surface area contributed by atoms with Crippen molar-refractivity contribution in [1.29, 1.82) is 0 Å². The van der Waals surface area contributed by atoms with E-state index in [0.717, 1.165) is 0 Å². The van der Waals surface area contributed by atoms with Crippen LogP contribution >= 0.6 is 12.2 Å². The molecule has 0 fully saturated rings. The molecule has 0 aliphatic rings. The van der Waals surface area contributed by atoms with Gasteiger partial charge < -0.3 is 0 Å². The van der Waals surface area contributed by atoms with E-state index < -0.39 is 0 Å². The first-order chi connectivity index (χ1) is 3.81. The molecule has 42 valence electrons. The minimum absolute atomic E-state index is 0.359. The Morgan fingerprint density at radius 3 is 2.88 bits per heavy atom. The van der Waals surface area contributed by atoms with Crippen LogP contribution in [0.25, 0.3) is 0 Å². The van der Waals surface area contributed by atoms with Crippen molar-refractivity contribution in [2.75, 3.05) is 0 Å². The molecule has 0 bridgehead atoms. The summed E-state index contributed by atoms with van der Waals surface area (Å²) in [6.45, 7) is 1.73. The van der Waals surface area contributed by atoms with E-state index in [1.165, 1.54) is 6.08 Å². The molecule has 0 rings (SSSR count). The number of allylic oxidation sites excluding steroid dienone is 1. The molecule has 0 aromatic carbocycles. The number of carbonyl (C=O) groups is 1. The zero-order valence-electron chi connectivity index (χ0n) is 4.42. The number of isothiocyanates is 1. The van der Waals surface area contributed by atoms with E-state index in [1.807, 2.05) is 5.16 Å². The number of aliphatic imine (C=N–C) groups is 1. The quantitative estimate of drug-likeness (QED) is 0.301. The minimum atomic E-state index is -0.359. The van der Waals surface area contributed by atoms with Gasteiger partial charge in [-0.2, -0.15) is 4.99 Å². The molecular formula is C5H5NOS. The zero-order chi connectivity index (χ0) is 6.41. The standard InChI is InChI=1S/C5H5NOS/c1-2-3-5(7)6-4-8/h2-3H,1H3/b3-2+. The third-order valence-electron chi connectivity index (χ3n) is 0.465. The fraction of sp³-hybridized carbons (Fsp3) is 0.200. The highest BCUT2D eigenvalue weighted by molar-refractivity contribution is 7.78. The molecule has 1 amide bonds. The van der Waals surface area contributed by atoms with Gasteiger partial charge in [-0.15, -0.1) is 0 Å². The Hall–Kier alpha value is -0.790. The van der Waals surface area contributed by atoms with Crippen LogP contribution in [-0.2, 0) is 4.79 Å². The molecule has 0 aliphatic heterocycles. The molecule has 0 unspecified atom stereocenters. The summed E-state index contributed by atoms with van der Waals surface area (Å²) < 4.78 is 0. The van der Waals surface area contributed by atoms with Crippen LogP contribution in [0, 0.1) is 0 Å². The van der Waals surface area contributed by atoms with Crippen molar-refractivity contribution >= 4 is 23.3 Å². The van der Waals surface area contributed by atoms with Gasteiger partial charge in [0.2, 0.25) is 0 Å². The summed E-state index contributed by atoms with van der Waals surface area (Å²) in [5, 5.41) is 1.96. The monoisotopic (exact) mass is 127 g/mol. The first kappa shape index (κ1) is 7.21. The van der Waals surface area contributed by atoms with Crippen molar-refractivity contribution in [3.8, 4) is 0 Å². The third kappa shape index (κ3) is 3.40. The lowest BCUT2D eigenvalue weighted by molar-refractivity contribution is -0.113. The van der Waals surface area contributed by atoms with Gasteiger partial charge in [-0.1, -0.05) is 6.08 Å².